The van der Waals surface area contributed by atoms with Crippen molar-refractivity contribution < 1.29 is 22.7 Å². The second-order valence-electron chi connectivity index (χ2n) is 6.48. The van der Waals surface area contributed by atoms with Crippen molar-refractivity contribution in [1.82, 2.24) is 10.0 Å². The molecule has 0 spiro atoms. The van der Waals surface area contributed by atoms with Gasteiger partial charge in [0.2, 0.25) is 15.9 Å². The highest BCUT2D eigenvalue weighted by molar-refractivity contribution is 7.88. The van der Waals surface area contributed by atoms with Crippen LogP contribution in [-0.4, -0.2) is 34.8 Å². The Morgan fingerprint density at radius 1 is 0.929 bits per heavy atom. The van der Waals surface area contributed by atoms with Gasteiger partial charge in [0.1, 0.15) is 11.5 Å². The first-order valence-corrected chi connectivity index (χ1v) is 10.7. The van der Waals surface area contributed by atoms with E-state index in [1.807, 2.05) is 31.2 Å². The Morgan fingerprint density at radius 3 is 1.82 bits per heavy atom. The van der Waals surface area contributed by atoms with Crippen LogP contribution in [0, 0.1) is 0 Å². The monoisotopic (exact) mass is 406 g/mol. The largest absolute Gasteiger partial charge is 0.497 e. The van der Waals surface area contributed by atoms with Gasteiger partial charge in [0.05, 0.1) is 32.6 Å². The summed E-state index contributed by atoms with van der Waals surface area (Å²) in [6, 6.07) is 13.4. The molecule has 2 atom stereocenters. The number of carbonyl (C=O) groups is 1. The van der Waals surface area contributed by atoms with Crippen LogP contribution in [0.2, 0.25) is 0 Å². The van der Waals surface area contributed by atoms with Crippen LogP contribution in [0.4, 0.5) is 0 Å². The third-order valence-corrected chi connectivity index (χ3v) is 4.97. The van der Waals surface area contributed by atoms with Crippen LogP contribution in [0.5, 0.6) is 11.5 Å². The fourth-order valence-corrected chi connectivity index (χ4v) is 3.52. The van der Waals surface area contributed by atoms with E-state index in [1.165, 1.54) is 0 Å². The second kappa shape index (κ2) is 9.57. The summed E-state index contributed by atoms with van der Waals surface area (Å²) < 4.78 is 36.3. The summed E-state index contributed by atoms with van der Waals surface area (Å²) >= 11 is 0. The van der Waals surface area contributed by atoms with Gasteiger partial charge in [0.25, 0.3) is 0 Å². The van der Waals surface area contributed by atoms with Crippen LogP contribution >= 0.6 is 0 Å². The summed E-state index contributed by atoms with van der Waals surface area (Å²) in [6.07, 6.45) is 1.04. The van der Waals surface area contributed by atoms with Crippen molar-refractivity contribution in [2.45, 2.75) is 25.4 Å². The van der Waals surface area contributed by atoms with Crippen molar-refractivity contribution in [3.05, 3.63) is 59.7 Å². The van der Waals surface area contributed by atoms with Gasteiger partial charge >= 0.3 is 0 Å². The lowest BCUT2D eigenvalue weighted by Gasteiger charge is -2.20. The van der Waals surface area contributed by atoms with Gasteiger partial charge in [-0.1, -0.05) is 24.3 Å². The van der Waals surface area contributed by atoms with Gasteiger partial charge in [0.15, 0.2) is 0 Å². The summed E-state index contributed by atoms with van der Waals surface area (Å²) in [7, 11) is -0.354. The van der Waals surface area contributed by atoms with E-state index in [9.17, 15) is 13.2 Å². The molecule has 7 nitrogen and oxygen atoms in total. The highest BCUT2D eigenvalue weighted by Crippen LogP contribution is 2.22. The Bertz CT molecular complexity index is 880. The Kier molecular flexibility index (Phi) is 7.42. The lowest BCUT2D eigenvalue weighted by atomic mass is 10.0. The van der Waals surface area contributed by atoms with Crippen molar-refractivity contribution in [2.75, 3.05) is 20.5 Å². The smallest absolute Gasteiger partial charge is 0.222 e. The van der Waals surface area contributed by atoms with Gasteiger partial charge in [-0.2, -0.15) is 0 Å². The van der Waals surface area contributed by atoms with Crippen LogP contribution in [0.1, 0.15) is 36.6 Å². The number of rotatable bonds is 9. The van der Waals surface area contributed by atoms with Crippen molar-refractivity contribution in [3.63, 3.8) is 0 Å². The molecule has 2 rings (SSSR count). The summed E-state index contributed by atoms with van der Waals surface area (Å²) in [6.45, 7) is 1.87. The van der Waals surface area contributed by atoms with E-state index in [-0.39, 0.29) is 18.4 Å². The van der Waals surface area contributed by atoms with E-state index in [2.05, 4.69) is 10.0 Å². The zero-order valence-electron chi connectivity index (χ0n) is 16.4. The van der Waals surface area contributed by atoms with E-state index in [0.29, 0.717) is 11.3 Å². The quantitative estimate of drug-likeness (QED) is 0.668. The number of ether oxygens (including phenoxy) is 2. The van der Waals surface area contributed by atoms with Gasteiger partial charge in [-0.05, 0) is 42.3 Å². The van der Waals surface area contributed by atoms with Crippen molar-refractivity contribution in [2.24, 2.45) is 0 Å². The molecule has 152 valence electrons. The molecule has 0 aromatic heterocycles. The molecule has 0 aliphatic rings. The standard InChI is InChI=1S/C20H26N2O5S/c1-14(15-5-9-17(26-2)10-6-15)21-20(23)13-19(22-28(4,24)25)16-7-11-18(27-3)12-8-16/h5-12,14,19,22H,13H2,1-4H3,(H,21,23)/t14-,19+/m0/s1. The normalized spacial score (nSPS) is 13.4. The molecule has 2 aromatic rings. The Morgan fingerprint density at radius 2 is 1.39 bits per heavy atom. The zero-order chi connectivity index (χ0) is 20.7. The summed E-state index contributed by atoms with van der Waals surface area (Å²) in [4.78, 5) is 12.5. The summed E-state index contributed by atoms with van der Waals surface area (Å²) in [5.41, 5.74) is 1.60. The average molecular weight is 407 g/mol. The number of methoxy groups -OCH3 is 2. The molecule has 0 saturated carbocycles. The number of carbonyl (C=O) groups excluding carboxylic acids is 1. The van der Waals surface area contributed by atoms with Gasteiger partial charge in [0, 0.05) is 6.42 Å². The number of benzene rings is 2. The first-order chi connectivity index (χ1) is 13.2. The molecule has 0 aliphatic heterocycles. The fraction of sp³-hybridized carbons (Fsp3) is 0.350. The maximum Gasteiger partial charge on any atom is 0.222 e. The van der Waals surface area contributed by atoms with Crippen LogP contribution in [0.15, 0.2) is 48.5 Å². The third-order valence-electron chi connectivity index (χ3n) is 4.26. The van der Waals surface area contributed by atoms with Crippen LogP contribution in [-0.2, 0) is 14.8 Å². The zero-order valence-corrected chi connectivity index (χ0v) is 17.2. The summed E-state index contributed by atoms with van der Waals surface area (Å²) in [5.74, 6) is 1.12. The molecule has 2 N–H and O–H groups in total. The predicted molar refractivity (Wildman–Crippen MR) is 108 cm³/mol. The van der Waals surface area contributed by atoms with E-state index in [4.69, 9.17) is 9.47 Å². The topological polar surface area (TPSA) is 93.7 Å². The summed E-state index contributed by atoms with van der Waals surface area (Å²) in [5, 5.41) is 2.90. The highest BCUT2D eigenvalue weighted by Gasteiger charge is 2.21. The van der Waals surface area contributed by atoms with Crippen molar-refractivity contribution >= 4 is 15.9 Å². The third kappa shape index (κ3) is 6.54. The molecule has 2 aromatic carbocycles. The SMILES string of the molecule is COc1ccc([C@H](C)NC(=O)C[C@@H](NS(C)(=O)=O)c2ccc(OC)cc2)cc1. The maximum atomic E-state index is 12.5. The molecule has 28 heavy (non-hydrogen) atoms. The van der Waals surface area contributed by atoms with Crippen molar-refractivity contribution in [3.8, 4) is 11.5 Å². The molecule has 8 heteroatoms. The molecule has 0 radical (unpaired) electrons. The predicted octanol–water partition coefficient (Wildman–Crippen LogP) is 2.56. The lowest BCUT2D eigenvalue weighted by Crippen LogP contribution is -2.34. The van der Waals surface area contributed by atoms with Crippen LogP contribution < -0.4 is 19.5 Å². The molecular weight excluding hydrogens is 380 g/mol. The highest BCUT2D eigenvalue weighted by atomic mass is 32.2. The number of amides is 1. The van der Waals surface area contributed by atoms with E-state index < -0.39 is 16.1 Å². The molecule has 0 aliphatic carbocycles. The van der Waals surface area contributed by atoms with E-state index in [1.54, 1.807) is 38.5 Å². The van der Waals surface area contributed by atoms with Gasteiger partial charge in [-0.25, -0.2) is 13.1 Å². The van der Waals surface area contributed by atoms with E-state index >= 15 is 0 Å². The average Bonchev–Trinajstić information content (AvgIpc) is 2.66. The molecular formula is C20H26N2O5S. The minimum absolute atomic E-state index is 0.0279. The number of hydrogen-bond donors (Lipinski definition) is 2. The van der Waals surface area contributed by atoms with Gasteiger partial charge in [-0.15, -0.1) is 0 Å². The maximum absolute atomic E-state index is 12.5. The minimum Gasteiger partial charge on any atom is -0.497 e. The molecule has 0 saturated heterocycles. The van der Waals surface area contributed by atoms with Crippen LogP contribution in [0.3, 0.4) is 0 Å². The first kappa shape index (κ1) is 21.7. The molecule has 0 unspecified atom stereocenters. The number of sulfonamides is 1. The number of nitrogens with one attached hydrogen (secondary N) is 2. The lowest BCUT2D eigenvalue weighted by molar-refractivity contribution is -0.122. The van der Waals surface area contributed by atoms with Crippen molar-refractivity contribution in [1.29, 1.82) is 0 Å². The van der Waals surface area contributed by atoms with Gasteiger partial charge in [-0.3, -0.25) is 4.79 Å². The molecule has 0 bridgehead atoms. The Labute approximate surface area is 166 Å². The van der Waals surface area contributed by atoms with Gasteiger partial charge < -0.3 is 14.8 Å². The Hall–Kier alpha value is -2.58. The molecule has 1 amide bonds. The molecule has 0 heterocycles. The second-order valence-corrected chi connectivity index (χ2v) is 8.26. The fourth-order valence-electron chi connectivity index (χ4n) is 2.78. The number of hydrogen-bond acceptors (Lipinski definition) is 5. The van der Waals surface area contributed by atoms with Crippen LogP contribution in [0.25, 0.3) is 0 Å². The van der Waals surface area contributed by atoms with E-state index in [0.717, 1.165) is 17.6 Å². The minimum atomic E-state index is -3.50. The molecule has 0 fully saturated rings. The first-order valence-electron chi connectivity index (χ1n) is 8.76. The Balaban J connectivity index is 2.09.